The molecule has 0 radical (unpaired) electrons. The van der Waals surface area contributed by atoms with Gasteiger partial charge in [-0.1, -0.05) is 12.1 Å². The Labute approximate surface area is 102 Å². The van der Waals surface area contributed by atoms with Gasteiger partial charge in [0.2, 0.25) is 0 Å². The lowest BCUT2D eigenvalue weighted by molar-refractivity contribution is -0.137. The van der Waals surface area contributed by atoms with Crippen molar-refractivity contribution in [3.8, 4) is 5.75 Å². The summed E-state index contributed by atoms with van der Waals surface area (Å²) in [7, 11) is -1.91. The van der Waals surface area contributed by atoms with Crippen LogP contribution in [0.1, 0.15) is 12.5 Å². The highest BCUT2D eigenvalue weighted by atomic mass is 19.4. The van der Waals surface area contributed by atoms with Gasteiger partial charge in [-0.25, -0.2) is 0 Å². The SMILES string of the molecule is CCOCOc1cc(C(F)(F)F)ccc1B(O)O. The van der Waals surface area contributed by atoms with Gasteiger partial charge in [0.25, 0.3) is 0 Å². The fraction of sp³-hybridized carbons (Fsp3) is 0.400. The molecule has 4 nitrogen and oxygen atoms in total. The molecule has 0 bridgehead atoms. The van der Waals surface area contributed by atoms with Crippen molar-refractivity contribution in [1.29, 1.82) is 0 Å². The molecular formula is C10H12BF3O4. The standard InChI is InChI=1S/C10H12BF3O4/c1-2-17-6-18-9-5-7(10(12,13)14)3-4-8(9)11(15)16/h3-5,15-16H,2,6H2,1H3. The number of halogens is 3. The predicted octanol–water partition coefficient (Wildman–Crippen LogP) is 0.758. The van der Waals surface area contributed by atoms with Gasteiger partial charge in [-0.15, -0.1) is 0 Å². The van der Waals surface area contributed by atoms with Crippen LogP contribution in [-0.2, 0) is 10.9 Å². The topological polar surface area (TPSA) is 58.9 Å². The van der Waals surface area contributed by atoms with Crippen LogP contribution in [0.2, 0.25) is 0 Å². The third-order valence-corrected chi connectivity index (χ3v) is 2.12. The summed E-state index contributed by atoms with van der Waals surface area (Å²) in [4.78, 5) is 0. The first-order chi connectivity index (χ1) is 8.36. The Kier molecular flexibility index (Phi) is 5.00. The number of hydrogen-bond acceptors (Lipinski definition) is 4. The smallest absolute Gasteiger partial charge is 0.468 e. The van der Waals surface area contributed by atoms with Gasteiger partial charge in [0, 0.05) is 12.1 Å². The maximum Gasteiger partial charge on any atom is 0.492 e. The van der Waals surface area contributed by atoms with Crippen LogP contribution in [-0.4, -0.2) is 30.6 Å². The first-order valence-corrected chi connectivity index (χ1v) is 5.14. The number of hydrogen-bond donors (Lipinski definition) is 2. The molecule has 1 rings (SSSR count). The zero-order valence-corrected chi connectivity index (χ0v) is 9.57. The molecule has 0 atom stereocenters. The first kappa shape index (κ1) is 14.8. The Hall–Kier alpha value is -1.25. The molecule has 1 aromatic rings. The summed E-state index contributed by atoms with van der Waals surface area (Å²) in [5.41, 5.74) is -1.08. The highest BCUT2D eigenvalue weighted by Crippen LogP contribution is 2.30. The van der Waals surface area contributed by atoms with Crippen LogP contribution in [0.3, 0.4) is 0 Å². The van der Waals surface area contributed by atoms with Crippen LogP contribution in [0, 0.1) is 0 Å². The van der Waals surface area contributed by atoms with Crippen molar-refractivity contribution in [3.05, 3.63) is 23.8 Å². The molecule has 0 aliphatic carbocycles. The van der Waals surface area contributed by atoms with Crippen LogP contribution >= 0.6 is 0 Å². The summed E-state index contributed by atoms with van der Waals surface area (Å²) in [5.74, 6) is -0.270. The van der Waals surface area contributed by atoms with Gasteiger partial charge in [-0.3, -0.25) is 0 Å². The Morgan fingerprint density at radius 2 is 1.94 bits per heavy atom. The van der Waals surface area contributed by atoms with Crippen molar-refractivity contribution in [1.82, 2.24) is 0 Å². The van der Waals surface area contributed by atoms with Crippen molar-refractivity contribution < 1.29 is 32.7 Å². The lowest BCUT2D eigenvalue weighted by Gasteiger charge is -2.14. The Morgan fingerprint density at radius 3 is 2.44 bits per heavy atom. The molecule has 1 aromatic carbocycles. The number of alkyl halides is 3. The van der Waals surface area contributed by atoms with E-state index in [1.807, 2.05) is 0 Å². The van der Waals surface area contributed by atoms with Gasteiger partial charge in [0.15, 0.2) is 6.79 Å². The quantitative estimate of drug-likeness (QED) is 0.468. The molecule has 18 heavy (non-hydrogen) atoms. The van der Waals surface area contributed by atoms with Crippen molar-refractivity contribution >= 4 is 12.6 Å². The van der Waals surface area contributed by atoms with Gasteiger partial charge >= 0.3 is 13.3 Å². The second-order valence-electron chi connectivity index (χ2n) is 3.38. The molecule has 0 saturated heterocycles. The lowest BCUT2D eigenvalue weighted by atomic mass is 9.79. The molecule has 8 heteroatoms. The minimum Gasteiger partial charge on any atom is -0.468 e. The number of rotatable bonds is 5. The highest BCUT2D eigenvalue weighted by molar-refractivity contribution is 6.59. The van der Waals surface area contributed by atoms with E-state index < -0.39 is 18.9 Å². The average molecular weight is 264 g/mol. The largest absolute Gasteiger partial charge is 0.492 e. The second-order valence-corrected chi connectivity index (χ2v) is 3.38. The van der Waals surface area contributed by atoms with E-state index in [-0.39, 0.29) is 18.0 Å². The van der Waals surface area contributed by atoms with E-state index in [0.29, 0.717) is 12.7 Å². The van der Waals surface area contributed by atoms with Crippen LogP contribution in [0.5, 0.6) is 5.75 Å². The van der Waals surface area contributed by atoms with E-state index >= 15 is 0 Å². The van der Waals surface area contributed by atoms with Gasteiger partial charge in [0.1, 0.15) is 5.75 Å². The van der Waals surface area contributed by atoms with E-state index in [1.165, 1.54) is 0 Å². The summed E-state index contributed by atoms with van der Waals surface area (Å²) in [5, 5.41) is 18.0. The monoisotopic (exact) mass is 264 g/mol. The Morgan fingerprint density at radius 1 is 1.28 bits per heavy atom. The van der Waals surface area contributed by atoms with Crippen LogP contribution in [0.15, 0.2) is 18.2 Å². The molecule has 0 spiro atoms. The third kappa shape index (κ3) is 3.90. The van der Waals surface area contributed by atoms with Crippen molar-refractivity contribution in [2.45, 2.75) is 13.1 Å². The summed E-state index contributed by atoms with van der Waals surface area (Å²) in [6, 6.07) is 2.41. The minimum absolute atomic E-state index is 0.150. The van der Waals surface area contributed by atoms with Crippen molar-refractivity contribution in [2.24, 2.45) is 0 Å². The van der Waals surface area contributed by atoms with Gasteiger partial charge in [-0.05, 0) is 13.0 Å². The van der Waals surface area contributed by atoms with Gasteiger partial charge < -0.3 is 19.5 Å². The summed E-state index contributed by atoms with van der Waals surface area (Å²) >= 11 is 0. The fourth-order valence-corrected chi connectivity index (χ4v) is 1.24. The van der Waals surface area contributed by atoms with E-state index in [1.54, 1.807) is 6.92 Å². The number of ether oxygens (including phenoxy) is 2. The predicted molar refractivity (Wildman–Crippen MR) is 58.4 cm³/mol. The fourth-order valence-electron chi connectivity index (χ4n) is 1.24. The van der Waals surface area contributed by atoms with Crippen LogP contribution in [0.25, 0.3) is 0 Å². The maximum atomic E-state index is 12.5. The molecule has 2 N–H and O–H groups in total. The summed E-state index contributed by atoms with van der Waals surface area (Å²) in [6.45, 7) is 1.75. The van der Waals surface area contributed by atoms with E-state index in [0.717, 1.165) is 12.1 Å². The molecule has 100 valence electrons. The zero-order chi connectivity index (χ0) is 13.8. The molecule has 0 aromatic heterocycles. The van der Waals surface area contributed by atoms with Crippen molar-refractivity contribution in [3.63, 3.8) is 0 Å². The lowest BCUT2D eigenvalue weighted by Crippen LogP contribution is -2.32. The van der Waals surface area contributed by atoms with Gasteiger partial charge in [-0.2, -0.15) is 13.2 Å². The molecular weight excluding hydrogens is 252 g/mol. The van der Waals surface area contributed by atoms with Crippen molar-refractivity contribution in [2.75, 3.05) is 13.4 Å². The normalized spacial score (nSPS) is 11.4. The van der Waals surface area contributed by atoms with Gasteiger partial charge in [0.05, 0.1) is 5.56 Å². The van der Waals surface area contributed by atoms with Crippen LogP contribution < -0.4 is 10.2 Å². The zero-order valence-electron chi connectivity index (χ0n) is 9.57. The minimum atomic E-state index is -4.53. The Balaban J connectivity index is 3.00. The van der Waals surface area contributed by atoms with Crippen LogP contribution in [0.4, 0.5) is 13.2 Å². The second kappa shape index (κ2) is 6.08. The maximum absolute atomic E-state index is 12.5. The Bertz CT molecular complexity index is 395. The molecule has 0 aliphatic rings. The third-order valence-electron chi connectivity index (χ3n) is 2.12. The number of benzene rings is 1. The summed E-state index contributed by atoms with van der Waals surface area (Å²) < 4.78 is 47.2. The average Bonchev–Trinajstić information content (AvgIpc) is 2.27. The van der Waals surface area contributed by atoms with E-state index in [2.05, 4.69) is 0 Å². The van der Waals surface area contributed by atoms with E-state index in [9.17, 15) is 13.2 Å². The molecule has 0 aliphatic heterocycles. The molecule has 0 heterocycles. The highest BCUT2D eigenvalue weighted by Gasteiger charge is 2.32. The van der Waals surface area contributed by atoms with E-state index in [4.69, 9.17) is 19.5 Å². The first-order valence-electron chi connectivity index (χ1n) is 5.14. The molecule has 0 saturated carbocycles. The molecule has 0 amide bonds. The molecule has 0 fully saturated rings. The summed E-state index contributed by atoms with van der Waals surface area (Å²) in [6.07, 6.45) is -4.53. The molecule has 0 unspecified atom stereocenters.